The first kappa shape index (κ1) is 18.5. The van der Waals surface area contributed by atoms with Gasteiger partial charge in [-0.1, -0.05) is 24.3 Å². The van der Waals surface area contributed by atoms with Crippen molar-refractivity contribution in [3.05, 3.63) is 53.6 Å². The van der Waals surface area contributed by atoms with Crippen LogP contribution in [0.3, 0.4) is 0 Å². The molecule has 0 saturated carbocycles. The van der Waals surface area contributed by atoms with Gasteiger partial charge in [-0.2, -0.15) is 0 Å². The van der Waals surface area contributed by atoms with Crippen LogP contribution in [0.2, 0.25) is 0 Å². The van der Waals surface area contributed by atoms with Crippen molar-refractivity contribution in [2.24, 2.45) is 0 Å². The minimum atomic E-state index is -3.68. The molecule has 2 heterocycles. The molecule has 6 nitrogen and oxygen atoms in total. The van der Waals surface area contributed by atoms with Crippen LogP contribution in [0.5, 0.6) is 11.5 Å². The molecule has 1 saturated heterocycles. The fourth-order valence-corrected chi connectivity index (χ4v) is 3.63. The normalized spacial score (nSPS) is 19.7. The summed E-state index contributed by atoms with van der Waals surface area (Å²) in [4.78, 5) is 14.6. The molecule has 8 heteroatoms. The van der Waals surface area contributed by atoms with Gasteiger partial charge in [-0.05, 0) is 31.0 Å². The fraction of sp³-hybridized carbons (Fsp3) is 0.350. The molecule has 2 aromatic rings. The summed E-state index contributed by atoms with van der Waals surface area (Å²) in [5, 5.41) is 12.6. The second kappa shape index (κ2) is 7.27. The number of fused-ring (bicyclic) bond motifs is 1. The van der Waals surface area contributed by atoms with E-state index in [1.54, 1.807) is 41.3 Å². The number of aliphatic hydroxyl groups is 1. The first-order chi connectivity index (χ1) is 13.5. The van der Waals surface area contributed by atoms with Gasteiger partial charge in [-0.25, -0.2) is 0 Å². The van der Waals surface area contributed by atoms with Crippen molar-refractivity contribution in [3.63, 3.8) is 0 Å². The third kappa shape index (κ3) is 3.47. The molecule has 0 spiro atoms. The van der Waals surface area contributed by atoms with E-state index in [4.69, 9.17) is 0 Å². The van der Waals surface area contributed by atoms with E-state index in [-0.39, 0.29) is 36.6 Å². The number of nitrogens with one attached hydrogen (secondary N) is 1. The van der Waals surface area contributed by atoms with E-state index in [9.17, 15) is 18.7 Å². The van der Waals surface area contributed by atoms with Gasteiger partial charge in [0.15, 0.2) is 11.5 Å². The third-order valence-electron chi connectivity index (χ3n) is 4.99. The molecular weight excluding hydrogens is 370 g/mol. The van der Waals surface area contributed by atoms with Gasteiger partial charge in [0.1, 0.15) is 0 Å². The van der Waals surface area contributed by atoms with Crippen LogP contribution in [-0.4, -0.2) is 41.4 Å². The molecule has 2 aromatic carbocycles. The molecular formula is C20H20F2N2O4. The lowest BCUT2D eigenvalue weighted by Crippen LogP contribution is -2.37. The number of anilines is 1. The molecule has 28 heavy (non-hydrogen) atoms. The van der Waals surface area contributed by atoms with Crippen LogP contribution in [0.25, 0.3) is 0 Å². The van der Waals surface area contributed by atoms with Gasteiger partial charge in [-0.3, -0.25) is 4.79 Å². The van der Waals surface area contributed by atoms with Crippen LogP contribution in [0.15, 0.2) is 42.5 Å². The van der Waals surface area contributed by atoms with Crippen LogP contribution in [0.4, 0.5) is 14.5 Å². The molecule has 2 aliphatic rings. The fourth-order valence-electron chi connectivity index (χ4n) is 3.63. The Bertz CT molecular complexity index is 890. The van der Waals surface area contributed by atoms with Gasteiger partial charge in [0.2, 0.25) is 0 Å². The van der Waals surface area contributed by atoms with Crippen molar-refractivity contribution in [2.75, 3.05) is 18.5 Å². The smallest absolute Gasteiger partial charge is 0.395 e. The first-order valence-corrected chi connectivity index (χ1v) is 9.11. The Hall–Kier alpha value is -2.87. The summed E-state index contributed by atoms with van der Waals surface area (Å²) >= 11 is 0. The molecule has 0 aliphatic carbocycles. The minimum absolute atomic E-state index is 0.0105. The number of alkyl halides is 2. The lowest BCUT2D eigenvalue weighted by Gasteiger charge is -2.24. The zero-order chi connectivity index (χ0) is 19.7. The summed E-state index contributed by atoms with van der Waals surface area (Å²) in [5.74, 6) is -0.190. The van der Waals surface area contributed by atoms with E-state index < -0.39 is 6.29 Å². The maximum Gasteiger partial charge on any atom is 0.586 e. The molecule has 1 amide bonds. The molecule has 1 unspecified atom stereocenters. The molecule has 2 N–H and O–H groups in total. The van der Waals surface area contributed by atoms with E-state index in [0.717, 1.165) is 12.8 Å². The molecule has 1 atom stereocenters. The van der Waals surface area contributed by atoms with Crippen LogP contribution in [-0.2, 0) is 6.54 Å². The van der Waals surface area contributed by atoms with Crippen molar-refractivity contribution in [1.82, 2.24) is 4.90 Å². The predicted molar refractivity (Wildman–Crippen MR) is 97.6 cm³/mol. The first-order valence-electron chi connectivity index (χ1n) is 9.11. The number of hydrogen-bond acceptors (Lipinski definition) is 5. The number of ether oxygens (including phenoxy) is 2. The summed E-state index contributed by atoms with van der Waals surface area (Å²) in [6.45, 7) is 0.713. The van der Waals surface area contributed by atoms with Crippen molar-refractivity contribution in [2.45, 2.75) is 31.7 Å². The van der Waals surface area contributed by atoms with Crippen molar-refractivity contribution in [3.8, 4) is 11.5 Å². The molecule has 1 fully saturated rings. The molecule has 0 bridgehead atoms. The zero-order valence-electron chi connectivity index (χ0n) is 15.0. The highest BCUT2D eigenvalue weighted by atomic mass is 19.3. The van der Waals surface area contributed by atoms with Gasteiger partial charge in [0.05, 0.1) is 18.2 Å². The number of amides is 1. The van der Waals surface area contributed by atoms with Crippen molar-refractivity contribution >= 4 is 11.6 Å². The molecule has 4 rings (SSSR count). The summed E-state index contributed by atoms with van der Waals surface area (Å²) in [6.07, 6.45) is -2.05. The monoisotopic (exact) mass is 390 g/mol. The van der Waals surface area contributed by atoms with Crippen LogP contribution >= 0.6 is 0 Å². The van der Waals surface area contributed by atoms with Crippen molar-refractivity contribution < 1.29 is 28.2 Å². The number of carbonyl (C=O) groups is 1. The van der Waals surface area contributed by atoms with Gasteiger partial charge in [0.25, 0.3) is 5.91 Å². The highest BCUT2D eigenvalue weighted by molar-refractivity contribution is 6.00. The van der Waals surface area contributed by atoms with Crippen molar-refractivity contribution in [1.29, 1.82) is 0 Å². The van der Waals surface area contributed by atoms with Gasteiger partial charge in [0, 0.05) is 24.3 Å². The summed E-state index contributed by atoms with van der Waals surface area (Å²) in [5.41, 5.74) is 1.55. The Kier molecular flexibility index (Phi) is 4.80. The number of halogens is 2. The molecule has 0 radical (unpaired) electrons. The second-order valence-corrected chi connectivity index (χ2v) is 6.79. The topological polar surface area (TPSA) is 71.0 Å². The largest absolute Gasteiger partial charge is 0.586 e. The maximum atomic E-state index is 13.4. The summed E-state index contributed by atoms with van der Waals surface area (Å²) in [6, 6.07) is 11.5. The van der Waals surface area contributed by atoms with E-state index in [1.165, 1.54) is 6.07 Å². The number of likely N-dealkylation sites (tertiary alicyclic amines) is 1. The number of carbonyl (C=O) groups excluding carboxylic acids is 1. The quantitative estimate of drug-likeness (QED) is 0.820. The van der Waals surface area contributed by atoms with E-state index >= 15 is 0 Å². The van der Waals surface area contributed by atoms with E-state index in [1.807, 2.05) is 0 Å². The number of nitrogens with zero attached hydrogens (tertiary/aromatic N) is 1. The SMILES string of the molecule is O=C(c1ccccc1NCc1cccc2c1OC(F)(F)O2)N1CCCC1CO. The lowest BCUT2D eigenvalue weighted by atomic mass is 10.1. The number of hydrogen-bond donors (Lipinski definition) is 2. The Morgan fingerprint density at radius 3 is 2.86 bits per heavy atom. The van der Waals surface area contributed by atoms with Gasteiger partial charge >= 0.3 is 6.29 Å². The number of benzene rings is 2. The molecule has 148 valence electrons. The number of rotatable bonds is 5. The minimum Gasteiger partial charge on any atom is -0.395 e. The van der Waals surface area contributed by atoms with Gasteiger partial charge in [-0.15, -0.1) is 8.78 Å². The lowest BCUT2D eigenvalue weighted by molar-refractivity contribution is -0.286. The summed E-state index contributed by atoms with van der Waals surface area (Å²) in [7, 11) is 0. The van der Waals surface area contributed by atoms with Crippen LogP contribution in [0, 0.1) is 0 Å². The van der Waals surface area contributed by atoms with E-state index in [0.29, 0.717) is 23.4 Å². The average Bonchev–Trinajstić information content (AvgIpc) is 3.28. The second-order valence-electron chi connectivity index (χ2n) is 6.79. The zero-order valence-corrected chi connectivity index (χ0v) is 15.0. The van der Waals surface area contributed by atoms with Crippen LogP contribution < -0.4 is 14.8 Å². The third-order valence-corrected chi connectivity index (χ3v) is 4.99. The Morgan fingerprint density at radius 1 is 1.21 bits per heavy atom. The Morgan fingerprint density at radius 2 is 2.04 bits per heavy atom. The summed E-state index contributed by atoms with van der Waals surface area (Å²) < 4.78 is 35.8. The molecule has 0 aromatic heterocycles. The van der Waals surface area contributed by atoms with Gasteiger partial charge < -0.3 is 24.8 Å². The van der Waals surface area contributed by atoms with E-state index in [2.05, 4.69) is 14.8 Å². The Balaban J connectivity index is 1.53. The van der Waals surface area contributed by atoms with Crippen LogP contribution in [0.1, 0.15) is 28.8 Å². The highest BCUT2D eigenvalue weighted by Crippen LogP contribution is 2.43. The standard InChI is InChI=1S/C20H20F2N2O4/c21-20(22)27-17-9-3-5-13(18(17)28-20)11-23-16-8-2-1-7-15(16)19(26)24-10-4-6-14(24)12-25/h1-3,5,7-9,14,23,25H,4,6,10-12H2. The number of para-hydroxylation sites is 2. The number of aliphatic hydroxyl groups excluding tert-OH is 1. The molecule has 2 aliphatic heterocycles. The highest BCUT2D eigenvalue weighted by Gasteiger charge is 2.44. The maximum absolute atomic E-state index is 13.4. The Labute approximate surface area is 160 Å². The average molecular weight is 390 g/mol. The predicted octanol–water partition coefficient (Wildman–Crippen LogP) is 3.22.